The molecule has 3 heteroatoms. The molecular formula is C11H17NO2. The molecule has 0 spiro atoms. The molecule has 1 N–H and O–H groups in total. The van der Waals surface area contributed by atoms with Crippen molar-refractivity contribution >= 4 is 5.97 Å². The van der Waals surface area contributed by atoms with Crippen LogP contribution in [0.25, 0.3) is 0 Å². The highest BCUT2D eigenvalue weighted by Crippen LogP contribution is 2.26. The Morgan fingerprint density at radius 2 is 2.07 bits per heavy atom. The van der Waals surface area contributed by atoms with Gasteiger partial charge in [0.25, 0.3) is 0 Å². The zero-order valence-corrected chi connectivity index (χ0v) is 8.95. The van der Waals surface area contributed by atoms with Crippen molar-refractivity contribution in [2.24, 2.45) is 7.05 Å². The summed E-state index contributed by atoms with van der Waals surface area (Å²) >= 11 is 0. The summed E-state index contributed by atoms with van der Waals surface area (Å²) in [6.07, 6.45) is 3.78. The lowest BCUT2D eigenvalue weighted by Gasteiger charge is -2.15. The molecule has 1 heterocycles. The van der Waals surface area contributed by atoms with Crippen LogP contribution >= 0.6 is 0 Å². The standard InChI is InChI=1S/C11H17NO2/c1-4-8(5-2)10-9(11(13)14)6-7-12(10)3/h6-8H,4-5H2,1-3H3,(H,13,14). The Bertz CT molecular complexity index is 324. The summed E-state index contributed by atoms with van der Waals surface area (Å²) in [5, 5.41) is 9.01. The highest BCUT2D eigenvalue weighted by molar-refractivity contribution is 5.89. The molecule has 0 atom stereocenters. The van der Waals surface area contributed by atoms with Gasteiger partial charge in [-0.2, -0.15) is 0 Å². The van der Waals surface area contributed by atoms with Crippen LogP contribution in [-0.4, -0.2) is 15.6 Å². The predicted molar refractivity (Wildman–Crippen MR) is 55.7 cm³/mol. The summed E-state index contributed by atoms with van der Waals surface area (Å²) < 4.78 is 1.92. The van der Waals surface area contributed by atoms with Gasteiger partial charge in [0.1, 0.15) is 0 Å². The molecule has 1 aromatic rings. The van der Waals surface area contributed by atoms with Gasteiger partial charge >= 0.3 is 5.97 Å². The Kier molecular flexibility index (Phi) is 3.33. The van der Waals surface area contributed by atoms with Crippen LogP contribution in [0.4, 0.5) is 0 Å². The lowest BCUT2D eigenvalue weighted by atomic mass is 9.96. The lowest BCUT2D eigenvalue weighted by Crippen LogP contribution is -2.08. The smallest absolute Gasteiger partial charge is 0.337 e. The number of aromatic carboxylic acids is 1. The quantitative estimate of drug-likeness (QED) is 0.802. The van der Waals surface area contributed by atoms with Gasteiger partial charge in [-0.15, -0.1) is 0 Å². The second-order valence-corrected chi connectivity index (χ2v) is 3.54. The molecule has 14 heavy (non-hydrogen) atoms. The van der Waals surface area contributed by atoms with Gasteiger partial charge in [-0.1, -0.05) is 13.8 Å². The second-order valence-electron chi connectivity index (χ2n) is 3.54. The molecule has 1 rings (SSSR count). The van der Waals surface area contributed by atoms with Crippen LogP contribution in [0, 0.1) is 0 Å². The van der Waals surface area contributed by atoms with Crippen LogP contribution in [-0.2, 0) is 7.05 Å². The third-order valence-electron chi connectivity index (χ3n) is 2.72. The maximum atomic E-state index is 11.0. The van der Waals surface area contributed by atoms with E-state index in [1.165, 1.54) is 0 Å². The van der Waals surface area contributed by atoms with Crippen molar-refractivity contribution in [2.45, 2.75) is 32.6 Å². The number of hydrogen-bond acceptors (Lipinski definition) is 1. The molecular weight excluding hydrogens is 178 g/mol. The number of hydrogen-bond donors (Lipinski definition) is 1. The Morgan fingerprint density at radius 1 is 1.50 bits per heavy atom. The van der Waals surface area contributed by atoms with Gasteiger partial charge in [0, 0.05) is 18.9 Å². The van der Waals surface area contributed by atoms with Gasteiger partial charge < -0.3 is 9.67 Å². The number of aromatic nitrogens is 1. The maximum absolute atomic E-state index is 11.0. The summed E-state index contributed by atoms with van der Waals surface area (Å²) in [6.45, 7) is 4.18. The van der Waals surface area contributed by atoms with Crippen LogP contribution in [0.3, 0.4) is 0 Å². The first-order valence-electron chi connectivity index (χ1n) is 5.00. The Labute approximate surface area is 84.4 Å². The molecule has 0 radical (unpaired) electrons. The zero-order valence-electron chi connectivity index (χ0n) is 8.95. The van der Waals surface area contributed by atoms with Gasteiger partial charge in [-0.05, 0) is 24.8 Å². The van der Waals surface area contributed by atoms with E-state index in [1.807, 2.05) is 17.8 Å². The van der Waals surface area contributed by atoms with Crippen molar-refractivity contribution in [1.29, 1.82) is 0 Å². The number of aryl methyl sites for hydroxylation is 1. The topological polar surface area (TPSA) is 42.2 Å². The summed E-state index contributed by atoms with van der Waals surface area (Å²) in [5.41, 5.74) is 1.39. The number of carboxylic acids is 1. The molecule has 0 aliphatic heterocycles. The predicted octanol–water partition coefficient (Wildman–Crippen LogP) is 2.63. The molecule has 0 saturated heterocycles. The minimum Gasteiger partial charge on any atom is -0.478 e. The molecule has 1 aromatic heterocycles. The highest BCUT2D eigenvalue weighted by atomic mass is 16.4. The molecule has 0 amide bonds. The van der Waals surface area contributed by atoms with Crippen molar-refractivity contribution in [2.75, 3.05) is 0 Å². The van der Waals surface area contributed by atoms with Crippen molar-refractivity contribution in [3.8, 4) is 0 Å². The minimum absolute atomic E-state index is 0.348. The summed E-state index contributed by atoms with van der Waals surface area (Å²) in [5.74, 6) is -0.478. The van der Waals surface area contributed by atoms with E-state index >= 15 is 0 Å². The summed E-state index contributed by atoms with van der Waals surface area (Å²) in [7, 11) is 1.90. The number of rotatable bonds is 4. The van der Waals surface area contributed by atoms with Crippen LogP contribution in [0.5, 0.6) is 0 Å². The van der Waals surface area contributed by atoms with E-state index in [0.29, 0.717) is 11.5 Å². The molecule has 0 fully saturated rings. The molecule has 0 aliphatic rings. The van der Waals surface area contributed by atoms with E-state index in [-0.39, 0.29) is 0 Å². The van der Waals surface area contributed by atoms with E-state index in [4.69, 9.17) is 5.11 Å². The molecule has 0 unspecified atom stereocenters. The monoisotopic (exact) mass is 195 g/mol. The molecule has 0 aromatic carbocycles. The lowest BCUT2D eigenvalue weighted by molar-refractivity contribution is 0.0695. The zero-order chi connectivity index (χ0) is 10.7. The first kappa shape index (κ1) is 10.8. The van der Waals surface area contributed by atoms with Crippen molar-refractivity contribution in [3.63, 3.8) is 0 Å². The molecule has 3 nitrogen and oxygen atoms in total. The largest absolute Gasteiger partial charge is 0.478 e. The van der Waals surface area contributed by atoms with Crippen molar-refractivity contribution < 1.29 is 9.90 Å². The van der Waals surface area contributed by atoms with Gasteiger partial charge in [0.05, 0.1) is 5.56 Å². The first-order valence-corrected chi connectivity index (χ1v) is 5.00. The third-order valence-corrected chi connectivity index (χ3v) is 2.72. The fourth-order valence-corrected chi connectivity index (χ4v) is 1.91. The first-order chi connectivity index (χ1) is 6.61. The van der Waals surface area contributed by atoms with E-state index in [2.05, 4.69) is 13.8 Å². The van der Waals surface area contributed by atoms with Gasteiger partial charge in [0.2, 0.25) is 0 Å². The summed E-state index contributed by atoms with van der Waals surface area (Å²) in [6, 6.07) is 1.68. The maximum Gasteiger partial charge on any atom is 0.337 e. The fraction of sp³-hybridized carbons (Fsp3) is 0.545. The Balaban J connectivity index is 3.15. The third kappa shape index (κ3) is 1.81. The SMILES string of the molecule is CCC(CC)c1c(C(=O)O)ccn1C. The number of carboxylic acid groups (broad SMARTS) is 1. The number of nitrogens with zero attached hydrogens (tertiary/aromatic N) is 1. The fourth-order valence-electron chi connectivity index (χ4n) is 1.91. The molecule has 0 aliphatic carbocycles. The van der Waals surface area contributed by atoms with Gasteiger partial charge in [-0.3, -0.25) is 0 Å². The summed E-state index contributed by atoms with van der Waals surface area (Å²) in [4.78, 5) is 11.0. The van der Waals surface area contributed by atoms with E-state index in [9.17, 15) is 4.79 Å². The normalized spacial score (nSPS) is 10.9. The van der Waals surface area contributed by atoms with Crippen LogP contribution in [0.15, 0.2) is 12.3 Å². The van der Waals surface area contributed by atoms with E-state index < -0.39 is 5.97 Å². The molecule has 78 valence electrons. The Hall–Kier alpha value is -1.25. The van der Waals surface area contributed by atoms with Gasteiger partial charge in [0.15, 0.2) is 0 Å². The van der Waals surface area contributed by atoms with E-state index in [0.717, 1.165) is 18.5 Å². The number of carbonyl (C=O) groups is 1. The van der Waals surface area contributed by atoms with Gasteiger partial charge in [-0.25, -0.2) is 4.79 Å². The van der Waals surface area contributed by atoms with Crippen molar-refractivity contribution in [1.82, 2.24) is 4.57 Å². The average molecular weight is 195 g/mol. The second kappa shape index (κ2) is 4.31. The Morgan fingerprint density at radius 3 is 2.50 bits per heavy atom. The van der Waals surface area contributed by atoms with Crippen LogP contribution in [0.1, 0.15) is 48.7 Å². The average Bonchev–Trinajstić information content (AvgIpc) is 2.51. The molecule has 0 saturated carbocycles. The van der Waals surface area contributed by atoms with Crippen LogP contribution in [0.2, 0.25) is 0 Å². The van der Waals surface area contributed by atoms with E-state index in [1.54, 1.807) is 6.07 Å². The highest BCUT2D eigenvalue weighted by Gasteiger charge is 2.19. The van der Waals surface area contributed by atoms with Crippen molar-refractivity contribution in [3.05, 3.63) is 23.5 Å². The van der Waals surface area contributed by atoms with Crippen LogP contribution < -0.4 is 0 Å². The molecule has 0 bridgehead atoms. The minimum atomic E-state index is -0.826.